The average Bonchev–Trinajstić information content (AvgIpc) is 2.41. The minimum Gasteiger partial charge on any atom is -0.493 e. The topological polar surface area (TPSA) is 76.0 Å². The van der Waals surface area contributed by atoms with Crippen LogP contribution in [0.25, 0.3) is 0 Å². The zero-order chi connectivity index (χ0) is 15.2. The Morgan fingerprint density at radius 1 is 1.30 bits per heavy atom. The van der Waals surface area contributed by atoms with Gasteiger partial charge < -0.3 is 9.94 Å². The van der Waals surface area contributed by atoms with Crippen molar-refractivity contribution in [2.75, 3.05) is 12.4 Å². The summed E-state index contributed by atoms with van der Waals surface area (Å²) in [5.74, 6) is 0.603. The molecule has 0 spiro atoms. The van der Waals surface area contributed by atoms with Crippen LogP contribution in [0.1, 0.15) is 32.8 Å². The molecular formula is C14H21NO4S. The van der Waals surface area contributed by atoms with E-state index in [-0.39, 0.29) is 17.6 Å². The molecule has 1 N–H and O–H groups in total. The molecule has 0 amide bonds. The first-order valence-electron chi connectivity index (χ1n) is 6.56. The van der Waals surface area contributed by atoms with E-state index in [2.05, 4.69) is 5.16 Å². The van der Waals surface area contributed by atoms with Gasteiger partial charge in [-0.3, -0.25) is 0 Å². The van der Waals surface area contributed by atoms with Gasteiger partial charge in [-0.25, -0.2) is 8.42 Å². The summed E-state index contributed by atoms with van der Waals surface area (Å²) < 4.78 is 28.6. The van der Waals surface area contributed by atoms with Crippen molar-refractivity contribution >= 4 is 15.5 Å². The van der Waals surface area contributed by atoms with Crippen LogP contribution in [-0.4, -0.2) is 36.9 Å². The van der Waals surface area contributed by atoms with Crippen molar-refractivity contribution in [3.8, 4) is 5.75 Å². The fourth-order valence-electron chi connectivity index (χ4n) is 1.59. The zero-order valence-electron chi connectivity index (χ0n) is 12.0. The van der Waals surface area contributed by atoms with Gasteiger partial charge in [0.25, 0.3) is 0 Å². The molecule has 0 aliphatic heterocycles. The van der Waals surface area contributed by atoms with Gasteiger partial charge in [0.2, 0.25) is 0 Å². The van der Waals surface area contributed by atoms with E-state index in [0.29, 0.717) is 17.9 Å². The molecule has 0 aliphatic rings. The normalized spacial score (nSPS) is 12.7. The maximum Gasteiger partial charge on any atom is 0.155 e. The lowest BCUT2D eigenvalue weighted by molar-refractivity contribution is 0.318. The Morgan fingerprint density at radius 3 is 2.35 bits per heavy atom. The van der Waals surface area contributed by atoms with Crippen LogP contribution in [0, 0.1) is 0 Å². The van der Waals surface area contributed by atoms with E-state index in [0.717, 1.165) is 5.56 Å². The molecule has 112 valence electrons. The van der Waals surface area contributed by atoms with Crippen LogP contribution in [0.3, 0.4) is 0 Å². The molecule has 1 aromatic rings. The molecule has 6 heteroatoms. The third-order valence-electron chi connectivity index (χ3n) is 3.00. The number of ether oxygens (including phenoxy) is 1. The first kappa shape index (κ1) is 16.5. The Hall–Kier alpha value is -1.56. The van der Waals surface area contributed by atoms with Crippen LogP contribution >= 0.6 is 0 Å². The summed E-state index contributed by atoms with van der Waals surface area (Å²) in [6.07, 6.45) is 0.628. The molecule has 0 bridgehead atoms. The summed E-state index contributed by atoms with van der Waals surface area (Å²) in [6.45, 7) is 5.35. The number of nitrogens with zero attached hydrogens (tertiary/aromatic N) is 1. The van der Waals surface area contributed by atoms with Gasteiger partial charge in [0.1, 0.15) is 12.4 Å². The standard InChI is InChI=1S/C14H21NO4S/c1-4-14(15-16)12-5-7-13(8-6-12)19-9-10-20(17,18)11(2)3/h5-8,11,16H,4,9-10H2,1-3H3/b15-14-. The minimum absolute atomic E-state index is 0.00469. The van der Waals surface area contributed by atoms with Crippen LogP contribution in [-0.2, 0) is 9.84 Å². The molecule has 0 aromatic heterocycles. The van der Waals surface area contributed by atoms with Gasteiger partial charge in [-0.05, 0) is 50.1 Å². The van der Waals surface area contributed by atoms with E-state index in [1.165, 1.54) is 0 Å². The predicted molar refractivity (Wildman–Crippen MR) is 79.5 cm³/mol. The Kier molecular flexibility index (Phi) is 6.01. The molecule has 0 heterocycles. The Balaban J connectivity index is 2.59. The van der Waals surface area contributed by atoms with Crippen molar-refractivity contribution in [1.82, 2.24) is 0 Å². The fraction of sp³-hybridized carbons (Fsp3) is 0.500. The van der Waals surface area contributed by atoms with Gasteiger partial charge in [0.15, 0.2) is 9.84 Å². The van der Waals surface area contributed by atoms with Crippen LogP contribution in [0.2, 0.25) is 0 Å². The summed E-state index contributed by atoms with van der Waals surface area (Å²) in [6, 6.07) is 7.03. The van der Waals surface area contributed by atoms with E-state index < -0.39 is 9.84 Å². The zero-order valence-corrected chi connectivity index (χ0v) is 12.9. The molecule has 0 fully saturated rings. The van der Waals surface area contributed by atoms with E-state index in [1.807, 2.05) is 6.92 Å². The predicted octanol–water partition coefficient (Wildman–Crippen LogP) is 2.48. The van der Waals surface area contributed by atoms with Crippen molar-refractivity contribution < 1.29 is 18.4 Å². The van der Waals surface area contributed by atoms with Crippen LogP contribution in [0.15, 0.2) is 29.4 Å². The van der Waals surface area contributed by atoms with Crippen molar-refractivity contribution in [1.29, 1.82) is 0 Å². The van der Waals surface area contributed by atoms with Gasteiger partial charge >= 0.3 is 0 Å². The Bertz CT molecular complexity index is 547. The smallest absolute Gasteiger partial charge is 0.155 e. The van der Waals surface area contributed by atoms with Gasteiger partial charge in [-0.2, -0.15) is 0 Å². The molecule has 0 aliphatic carbocycles. The molecule has 0 radical (unpaired) electrons. The molecule has 0 saturated carbocycles. The highest BCUT2D eigenvalue weighted by Gasteiger charge is 2.15. The Labute approximate surface area is 120 Å². The van der Waals surface area contributed by atoms with Crippen LogP contribution < -0.4 is 4.74 Å². The maximum atomic E-state index is 11.6. The molecule has 5 nitrogen and oxygen atoms in total. The van der Waals surface area contributed by atoms with E-state index in [9.17, 15) is 8.42 Å². The largest absolute Gasteiger partial charge is 0.493 e. The molecule has 1 rings (SSSR count). The van der Waals surface area contributed by atoms with Crippen molar-refractivity contribution in [2.24, 2.45) is 5.16 Å². The molecule has 0 unspecified atom stereocenters. The number of hydrogen-bond acceptors (Lipinski definition) is 5. The van der Waals surface area contributed by atoms with Gasteiger partial charge in [-0.15, -0.1) is 0 Å². The lowest BCUT2D eigenvalue weighted by Crippen LogP contribution is -2.22. The second kappa shape index (κ2) is 7.28. The highest BCUT2D eigenvalue weighted by Crippen LogP contribution is 2.14. The number of benzene rings is 1. The van der Waals surface area contributed by atoms with Crippen molar-refractivity contribution in [3.63, 3.8) is 0 Å². The number of hydrogen-bond donors (Lipinski definition) is 1. The molecular weight excluding hydrogens is 278 g/mol. The lowest BCUT2D eigenvalue weighted by Gasteiger charge is -2.10. The number of sulfone groups is 1. The second-order valence-electron chi connectivity index (χ2n) is 4.69. The average molecular weight is 299 g/mol. The van der Waals surface area contributed by atoms with E-state index >= 15 is 0 Å². The minimum atomic E-state index is -3.08. The van der Waals surface area contributed by atoms with E-state index in [4.69, 9.17) is 9.94 Å². The first-order valence-corrected chi connectivity index (χ1v) is 8.28. The van der Waals surface area contributed by atoms with Crippen LogP contribution in [0.4, 0.5) is 0 Å². The second-order valence-corrected chi connectivity index (χ2v) is 7.37. The third-order valence-corrected chi connectivity index (χ3v) is 5.17. The number of rotatable bonds is 7. The monoisotopic (exact) mass is 299 g/mol. The highest BCUT2D eigenvalue weighted by atomic mass is 32.2. The van der Waals surface area contributed by atoms with Crippen molar-refractivity contribution in [2.45, 2.75) is 32.4 Å². The SMILES string of the molecule is CC/C(=N/O)c1ccc(OCCS(=O)(=O)C(C)C)cc1. The van der Waals surface area contributed by atoms with Crippen molar-refractivity contribution in [3.05, 3.63) is 29.8 Å². The molecule has 0 saturated heterocycles. The van der Waals surface area contributed by atoms with Crippen LogP contribution in [0.5, 0.6) is 5.75 Å². The summed E-state index contributed by atoms with van der Waals surface area (Å²) in [5.41, 5.74) is 1.41. The summed E-state index contributed by atoms with van der Waals surface area (Å²) in [4.78, 5) is 0. The lowest BCUT2D eigenvalue weighted by atomic mass is 10.1. The fourth-order valence-corrected chi connectivity index (χ4v) is 2.37. The molecule has 1 aromatic carbocycles. The Morgan fingerprint density at radius 2 is 1.90 bits per heavy atom. The number of oxime groups is 1. The van der Waals surface area contributed by atoms with Gasteiger partial charge in [0.05, 0.1) is 16.7 Å². The van der Waals surface area contributed by atoms with E-state index in [1.54, 1.807) is 38.1 Å². The highest BCUT2D eigenvalue weighted by molar-refractivity contribution is 7.91. The first-order chi connectivity index (χ1) is 9.40. The third kappa shape index (κ3) is 4.52. The molecule has 0 atom stereocenters. The summed E-state index contributed by atoms with van der Waals surface area (Å²) >= 11 is 0. The molecule has 20 heavy (non-hydrogen) atoms. The summed E-state index contributed by atoms with van der Waals surface area (Å²) in [7, 11) is -3.08. The van der Waals surface area contributed by atoms with Gasteiger partial charge in [0, 0.05) is 0 Å². The maximum absolute atomic E-state index is 11.6. The van der Waals surface area contributed by atoms with Gasteiger partial charge in [-0.1, -0.05) is 12.1 Å². The summed E-state index contributed by atoms with van der Waals surface area (Å²) in [5, 5.41) is 11.7. The quantitative estimate of drug-likeness (QED) is 0.477.